The summed E-state index contributed by atoms with van der Waals surface area (Å²) in [5, 5.41) is 2.73. The van der Waals surface area contributed by atoms with Gasteiger partial charge in [0.25, 0.3) is 5.91 Å². The number of imidazole rings is 1. The van der Waals surface area contributed by atoms with Gasteiger partial charge >= 0.3 is 0 Å². The minimum Gasteiger partial charge on any atom is -0.354 e. The van der Waals surface area contributed by atoms with Crippen molar-refractivity contribution in [2.45, 2.75) is 51.6 Å². The Morgan fingerprint density at radius 2 is 2.08 bits per heavy atom. The highest BCUT2D eigenvalue weighted by Gasteiger charge is 2.26. The van der Waals surface area contributed by atoms with Crippen molar-refractivity contribution in [3.63, 3.8) is 0 Å². The van der Waals surface area contributed by atoms with Crippen LogP contribution >= 0.6 is 0 Å². The molecule has 1 unspecified atom stereocenters. The Morgan fingerprint density at radius 1 is 1.27 bits per heavy atom. The fraction of sp³-hybridized carbons (Fsp3) is 0.600. The molecule has 0 spiro atoms. The number of carbonyl (C=O) groups is 1. The average Bonchev–Trinajstić information content (AvgIpc) is 3.24. The summed E-state index contributed by atoms with van der Waals surface area (Å²) < 4.78 is 4.29. The number of aryl methyl sites for hydroxylation is 2. The molecule has 1 fully saturated rings. The molecule has 1 saturated heterocycles. The number of unbranched alkanes of at least 4 members (excludes halogenated alkanes) is 1. The summed E-state index contributed by atoms with van der Waals surface area (Å²) in [6.45, 7) is 5.35. The molecule has 6 nitrogen and oxygen atoms in total. The number of aromatic nitrogens is 3. The third-order valence-corrected chi connectivity index (χ3v) is 5.59. The van der Waals surface area contributed by atoms with Crippen LogP contribution in [0.5, 0.6) is 0 Å². The SMILES string of the molecule is CNC(=O)c1ccc(C2CCCCN2CCCCn2ccnc2C)n1C. The van der Waals surface area contributed by atoms with Gasteiger partial charge in [0.1, 0.15) is 11.5 Å². The topological polar surface area (TPSA) is 55.1 Å². The lowest BCUT2D eigenvalue weighted by Gasteiger charge is -2.36. The molecule has 142 valence electrons. The fourth-order valence-electron chi connectivity index (χ4n) is 4.05. The Balaban J connectivity index is 1.60. The van der Waals surface area contributed by atoms with Gasteiger partial charge in [0, 0.05) is 38.7 Å². The molecule has 3 heterocycles. The summed E-state index contributed by atoms with van der Waals surface area (Å²) in [6, 6.07) is 4.49. The number of carbonyl (C=O) groups excluding carboxylic acids is 1. The first-order valence-electron chi connectivity index (χ1n) is 9.71. The fourth-order valence-corrected chi connectivity index (χ4v) is 4.05. The van der Waals surface area contributed by atoms with E-state index in [1.807, 2.05) is 19.3 Å². The molecule has 0 radical (unpaired) electrons. The van der Waals surface area contributed by atoms with Crippen LogP contribution in [0.2, 0.25) is 0 Å². The van der Waals surface area contributed by atoms with E-state index in [-0.39, 0.29) is 5.91 Å². The second-order valence-electron chi connectivity index (χ2n) is 7.20. The van der Waals surface area contributed by atoms with Crippen LogP contribution in [-0.2, 0) is 13.6 Å². The number of nitrogens with zero attached hydrogens (tertiary/aromatic N) is 4. The molecule has 2 aromatic rings. The Labute approximate surface area is 156 Å². The molecule has 0 aliphatic carbocycles. The lowest BCUT2D eigenvalue weighted by Crippen LogP contribution is -2.35. The molecule has 1 aliphatic heterocycles. The van der Waals surface area contributed by atoms with Crippen molar-refractivity contribution >= 4 is 5.91 Å². The smallest absolute Gasteiger partial charge is 0.267 e. The Kier molecular flexibility index (Phi) is 6.14. The molecule has 1 atom stereocenters. The molecule has 3 rings (SSSR count). The van der Waals surface area contributed by atoms with Crippen LogP contribution in [0.15, 0.2) is 24.5 Å². The van der Waals surface area contributed by atoms with Gasteiger partial charge in [-0.1, -0.05) is 6.42 Å². The largest absolute Gasteiger partial charge is 0.354 e. The lowest BCUT2D eigenvalue weighted by atomic mass is 9.99. The molecule has 26 heavy (non-hydrogen) atoms. The number of nitrogens with one attached hydrogen (secondary N) is 1. The zero-order valence-electron chi connectivity index (χ0n) is 16.2. The first-order chi connectivity index (χ1) is 12.6. The van der Waals surface area contributed by atoms with Crippen LogP contribution in [0.4, 0.5) is 0 Å². The molecule has 0 saturated carbocycles. The predicted molar refractivity (Wildman–Crippen MR) is 103 cm³/mol. The van der Waals surface area contributed by atoms with Gasteiger partial charge in [-0.3, -0.25) is 9.69 Å². The minimum absolute atomic E-state index is 0.0168. The highest BCUT2D eigenvalue weighted by atomic mass is 16.1. The Bertz CT molecular complexity index is 732. The quantitative estimate of drug-likeness (QED) is 0.775. The van der Waals surface area contributed by atoms with Gasteiger partial charge in [-0.2, -0.15) is 0 Å². The highest BCUT2D eigenvalue weighted by Crippen LogP contribution is 2.32. The number of hydrogen-bond acceptors (Lipinski definition) is 3. The van der Waals surface area contributed by atoms with E-state index in [0.29, 0.717) is 6.04 Å². The van der Waals surface area contributed by atoms with Gasteiger partial charge in [0.2, 0.25) is 0 Å². The summed E-state index contributed by atoms with van der Waals surface area (Å²) in [5.74, 6) is 1.07. The van der Waals surface area contributed by atoms with Crippen LogP contribution in [-0.4, -0.2) is 45.1 Å². The number of hydrogen-bond donors (Lipinski definition) is 1. The van der Waals surface area contributed by atoms with Crippen molar-refractivity contribution in [2.24, 2.45) is 7.05 Å². The highest BCUT2D eigenvalue weighted by molar-refractivity contribution is 5.92. The van der Waals surface area contributed by atoms with Gasteiger partial charge < -0.3 is 14.5 Å². The first-order valence-corrected chi connectivity index (χ1v) is 9.71. The molecule has 0 aromatic carbocycles. The maximum absolute atomic E-state index is 12.0. The van der Waals surface area contributed by atoms with Crippen LogP contribution in [0.25, 0.3) is 0 Å². The van der Waals surface area contributed by atoms with Crippen molar-refractivity contribution in [1.29, 1.82) is 0 Å². The van der Waals surface area contributed by atoms with Gasteiger partial charge in [-0.05, 0) is 57.8 Å². The monoisotopic (exact) mass is 357 g/mol. The third-order valence-electron chi connectivity index (χ3n) is 5.59. The number of amides is 1. The average molecular weight is 358 g/mol. The second-order valence-corrected chi connectivity index (χ2v) is 7.20. The van der Waals surface area contributed by atoms with E-state index in [4.69, 9.17) is 0 Å². The van der Waals surface area contributed by atoms with Gasteiger partial charge in [-0.15, -0.1) is 0 Å². The maximum Gasteiger partial charge on any atom is 0.267 e. The maximum atomic E-state index is 12.0. The van der Waals surface area contributed by atoms with Gasteiger partial charge in [-0.25, -0.2) is 4.98 Å². The third kappa shape index (κ3) is 4.01. The molecular formula is C20H31N5O. The molecule has 0 bridgehead atoms. The Hall–Kier alpha value is -2.08. The van der Waals surface area contributed by atoms with Crippen molar-refractivity contribution < 1.29 is 4.79 Å². The summed E-state index contributed by atoms with van der Waals surface area (Å²) in [6.07, 6.45) is 9.97. The van der Waals surface area contributed by atoms with Crippen LogP contribution in [0.3, 0.4) is 0 Å². The second kappa shape index (κ2) is 8.54. The molecular weight excluding hydrogens is 326 g/mol. The normalized spacial score (nSPS) is 18.2. The molecule has 1 aliphatic rings. The Morgan fingerprint density at radius 3 is 2.81 bits per heavy atom. The van der Waals surface area contributed by atoms with E-state index in [2.05, 4.69) is 43.5 Å². The van der Waals surface area contributed by atoms with Gasteiger partial charge in [0.15, 0.2) is 0 Å². The standard InChI is InChI=1S/C20H31N5O/c1-16-22-11-15-24(16)12-6-7-14-25-13-5-4-8-18(25)17-9-10-19(23(17)3)20(26)21-2/h9-11,15,18H,4-8,12-14H2,1-3H3,(H,21,26). The molecule has 1 N–H and O–H groups in total. The van der Waals surface area contributed by atoms with Crippen molar-refractivity contribution in [2.75, 3.05) is 20.1 Å². The van der Waals surface area contributed by atoms with Crippen molar-refractivity contribution in [3.05, 3.63) is 41.7 Å². The van der Waals surface area contributed by atoms with Crippen LogP contribution in [0.1, 0.15) is 60.2 Å². The zero-order chi connectivity index (χ0) is 18.5. The molecule has 1 amide bonds. The zero-order valence-corrected chi connectivity index (χ0v) is 16.2. The lowest BCUT2D eigenvalue weighted by molar-refractivity contribution is 0.0952. The number of piperidine rings is 1. The van der Waals surface area contributed by atoms with Crippen molar-refractivity contribution in [3.8, 4) is 0 Å². The number of rotatable bonds is 7. The first kappa shape index (κ1) is 18.7. The summed E-state index contributed by atoms with van der Waals surface area (Å²) in [7, 11) is 3.69. The van der Waals surface area contributed by atoms with Crippen LogP contribution < -0.4 is 5.32 Å². The minimum atomic E-state index is -0.0168. The van der Waals surface area contributed by atoms with E-state index in [9.17, 15) is 4.79 Å². The summed E-state index contributed by atoms with van der Waals surface area (Å²) in [4.78, 5) is 18.9. The molecule has 6 heteroatoms. The predicted octanol–water partition coefficient (Wildman–Crippen LogP) is 2.90. The van der Waals surface area contributed by atoms with E-state index in [1.54, 1.807) is 7.05 Å². The van der Waals surface area contributed by atoms with E-state index >= 15 is 0 Å². The van der Waals surface area contributed by atoms with E-state index in [1.165, 1.54) is 31.4 Å². The van der Waals surface area contributed by atoms with E-state index < -0.39 is 0 Å². The number of likely N-dealkylation sites (tertiary alicyclic amines) is 1. The van der Waals surface area contributed by atoms with Crippen molar-refractivity contribution in [1.82, 2.24) is 24.3 Å². The summed E-state index contributed by atoms with van der Waals surface area (Å²) >= 11 is 0. The van der Waals surface area contributed by atoms with Crippen LogP contribution in [0, 0.1) is 6.92 Å². The molecule has 2 aromatic heterocycles. The van der Waals surface area contributed by atoms with Gasteiger partial charge in [0.05, 0.1) is 6.04 Å². The van der Waals surface area contributed by atoms with E-state index in [0.717, 1.165) is 37.6 Å². The summed E-state index contributed by atoms with van der Waals surface area (Å²) in [5.41, 5.74) is 2.00.